The molecule has 0 fully saturated rings. The molecule has 1 atom stereocenters. The fourth-order valence-corrected chi connectivity index (χ4v) is 2.72. The molecule has 1 aliphatic heterocycles. The number of amides is 2. The Morgan fingerprint density at radius 1 is 1.07 bits per heavy atom. The lowest BCUT2D eigenvalue weighted by molar-refractivity contribution is -0.136. The van der Waals surface area contributed by atoms with Gasteiger partial charge in [0, 0.05) is 18.3 Å². The highest BCUT2D eigenvalue weighted by atomic mass is 19.1. The molecule has 0 aromatic heterocycles. The molecular formula is C19H20FN3O4. The molecule has 3 rings (SSSR count). The highest BCUT2D eigenvalue weighted by molar-refractivity contribution is 6.39. The molecule has 8 heteroatoms. The zero-order valence-corrected chi connectivity index (χ0v) is 15.0. The molecule has 2 amide bonds. The summed E-state index contributed by atoms with van der Waals surface area (Å²) in [6.45, 7) is 0.328. The van der Waals surface area contributed by atoms with Gasteiger partial charge in [0.2, 0.25) is 6.79 Å². The number of hydrogen-bond acceptors (Lipinski definition) is 5. The van der Waals surface area contributed by atoms with Crippen LogP contribution in [-0.2, 0) is 9.59 Å². The van der Waals surface area contributed by atoms with Gasteiger partial charge in [-0.3, -0.25) is 9.59 Å². The second-order valence-corrected chi connectivity index (χ2v) is 6.26. The van der Waals surface area contributed by atoms with Crippen molar-refractivity contribution >= 4 is 17.5 Å². The lowest BCUT2D eigenvalue weighted by Crippen LogP contribution is -2.40. The summed E-state index contributed by atoms with van der Waals surface area (Å²) in [6, 6.07) is 10.7. The van der Waals surface area contributed by atoms with Crippen molar-refractivity contribution < 1.29 is 23.5 Å². The molecule has 0 bridgehead atoms. The van der Waals surface area contributed by atoms with Crippen LogP contribution in [0.25, 0.3) is 0 Å². The Balaban J connectivity index is 1.58. The molecule has 27 heavy (non-hydrogen) atoms. The maximum atomic E-state index is 13.1. The van der Waals surface area contributed by atoms with E-state index in [1.807, 2.05) is 19.0 Å². The van der Waals surface area contributed by atoms with E-state index in [9.17, 15) is 14.0 Å². The van der Waals surface area contributed by atoms with Crippen LogP contribution in [-0.4, -0.2) is 44.1 Å². The summed E-state index contributed by atoms with van der Waals surface area (Å²) in [5.74, 6) is -0.779. The van der Waals surface area contributed by atoms with Gasteiger partial charge in [0.05, 0.1) is 6.04 Å². The van der Waals surface area contributed by atoms with Gasteiger partial charge in [-0.25, -0.2) is 4.39 Å². The van der Waals surface area contributed by atoms with Gasteiger partial charge in [-0.05, 0) is 43.9 Å². The van der Waals surface area contributed by atoms with Crippen molar-refractivity contribution in [3.63, 3.8) is 0 Å². The molecule has 7 nitrogen and oxygen atoms in total. The number of benzene rings is 2. The van der Waals surface area contributed by atoms with Crippen molar-refractivity contribution in [2.45, 2.75) is 6.04 Å². The first-order valence-corrected chi connectivity index (χ1v) is 8.35. The van der Waals surface area contributed by atoms with Crippen molar-refractivity contribution in [2.75, 3.05) is 32.7 Å². The van der Waals surface area contributed by atoms with Gasteiger partial charge in [0.15, 0.2) is 11.5 Å². The number of anilines is 1. The number of nitrogens with zero attached hydrogens (tertiary/aromatic N) is 1. The van der Waals surface area contributed by atoms with E-state index >= 15 is 0 Å². The van der Waals surface area contributed by atoms with Gasteiger partial charge in [-0.15, -0.1) is 0 Å². The maximum absolute atomic E-state index is 13.1. The van der Waals surface area contributed by atoms with Crippen molar-refractivity contribution in [3.05, 3.63) is 53.8 Å². The van der Waals surface area contributed by atoms with Gasteiger partial charge in [-0.2, -0.15) is 0 Å². The molecule has 2 aromatic rings. The smallest absolute Gasteiger partial charge is 0.313 e. The Morgan fingerprint density at radius 3 is 2.48 bits per heavy atom. The summed E-state index contributed by atoms with van der Waals surface area (Å²) in [5, 5.41) is 5.13. The normalized spacial score (nSPS) is 13.3. The van der Waals surface area contributed by atoms with Crippen LogP contribution in [0.5, 0.6) is 11.5 Å². The van der Waals surface area contributed by atoms with Crippen LogP contribution in [0.3, 0.4) is 0 Å². The van der Waals surface area contributed by atoms with Gasteiger partial charge in [0.1, 0.15) is 5.82 Å². The number of carbonyl (C=O) groups excluding carboxylic acids is 2. The van der Waals surface area contributed by atoms with Gasteiger partial charge in [-0.1, -0.05) is 12.1 Å². The Bertz CT molecular complexity index is 839. The molecule has 1 heterocycles. The van der Waals surface area contributed by atoms with Crippen molar-refractivity contribution in [3.8, 4) is 11.5 Å². The third kappa shape index (κ3) is 4.53. The monoisotopic (exact) mass is 373 g/mol. The number of nitrogens with one attached hydrogen (secondary N) is 2. The number of halogens is 1. The molecule has 0 spiro atoms. The molecule has 0 radical (unpaired) electrons. The number of rotatable bonds is 5. The number of likely N-dealkylation sites (N-methyl/N-ethyl adjacent to an activating group) is 1. The first-order valence-electron chi connectivity index (χ1n) is 8.35. The highest BCUT2D eigenvalue weighted by Gasteiger charge is 2.20. The lowest BCUT2D eigenvalue weighted by atomic mass is 10.1. The van der Waals surface area contributed by atoms with Crippen LogP contribution >= 0.6 is 0 Å². The van der Waals surface area contributed by atoms with Crippen LogP contribution in [0.1, 0.15) is 11.6 Å². The van der Waals surface area contributed by atoms with E-state index in [0.717, 1.165) is 5.56 Å². The van der Waals surface area contributed by atoms with E-state index < -0.39 is 11.8 Å². The second-order valence-electron chi connectivity index (χ2n) is 6.26. The largest absolute Gasteiger partial charge is 0.454 e. The average molecular weight is 373 g/mol. The zero-order valence-electron chi connectivity index (χ0n) is 15.0. The van der Waals surface area contributed by atoms with Crippen LogP contribution in [0.15, 0.2) is 42.5 Å². The SMILES string of the molecule is CN(C)[C@H](CNC(=O)C(=O)Nc1ccc2c(c1)OCO2)c1ccc(F)cc1. The molecule has 142 valence electrons. The minimum absolute atomic E-state index is 0.128. The summed E-state index contributed by atoms with van der Waals surface area (Å²) in [6.07, 6.45) is 0. The van der Waals surface area contributed by atoms with E-state index in [2.05, 4.69) is 10.6 Å². The van der Waals surface area contributed by atoms with E-state index in [0.29, 0.717) is 17.2 Å². The molecule has 0 saturated carbocycles. The molecular weight excluding hydrogens is 353 g/mol. The molecule has 0 aliphatic carbocycles. The predicted octanol–water partition coefficient (Wildman–Crippen LogP) is 1.91. The first kappa shape index (κ1) is 18.7. The maximum Gasteiger partial charge on any atom is 0.313 e. The van der Waals surface area contributed by atoms with Gasteiger partial charge in [0.25, 0.3) is 0 Å². The minimum Gasteiger partial charge on any atom is -0.454 e. The predicted molar refractivity (Wildman–Crippen MR) is 97.0 cm³/mol. The highest BCUT2D eigenvalue weighted by Crippen LogP contribution is 2.34. The summed E-state index contributed by atoms with van der Waals surface area (Å²) < 4.78 is 23.5. The van der Waals surface area contributed by atoms with Crippen LogP contribution in [0.2, 0.25) is 0 Å². The summed E-state index contributed by atoms with van der Waals surface area (Å²) >= 11 is 0. The van der Waals surface area contributed by atoms with E-state index in [1.165, 1.54) is 12.1 Å². The standard InChI is InChI=1S/C19H20FN3O4/c1-23(2)15(12-3-5-13(20)6-4-12)10-21-18(24)19(25)22-14-7-8-16-17(9-14)27-11-26-16/h3-9,15H,10-11H2,1-2H3,(H,21,24)(H,22,25)/t15-/m1/s1. The van der Waals surface area contributed by atoms with Crippen LogP contribution in [0.4, 0.5) is 10.1 Å². The van der Waals surface area contributed by atoms with Gasteiger partial charge >= 0.3 is 11.8 Å². The number of hydrogen-bond donors (Lipinski definition) is 2. The van der Waals surface area contributed by atoms with E-state index in [1.54, 1.807) is 30.3 Å². The Labute approximate surface area is 156 Å². The second kappa shape index (κ2) is 8.05. The molecule has 2 aromatic carbocycles. The zero-order chi connectivity index (χ0) is 19.4. The lowest BCUT2D eigenvalue weighted by Gasteiger charge is -2.25. The van der Waals surface area contributed by atoms with Crippen LogP contribution in [0, 0.1) is 5.82 Å². The third-order valence-corrected chi connectivity index (χ3v) is 4.17. The fraction of sp³-hybridized carbons (Fsp3) is 0.263. The Morgan fingerprint density at radius 2 is 1.78 bits per heavy atom. The van der Waals surface area contributed by atoms with Gasteiger partial charge < -0.3 is 25.0 Å². The van der Waals surface area contributed by atoms with E-state index in [-0.39, 0.29) is 25.2 Å². The quantitative estimate of drug-likeness (QED) is 0.783. The first-order chi connectivity index (χ1) is 12.9. The summed E-state index contributed by atoms with van der Waals surface area (Å²) in [7, 11) is 3.68. The van der Waals surface area contributed by atoms with Crippen molar-refractivity contribution in [1.82, 2.24) is 10.2 Å². The van der Waals surface area contributed by atoms with E-state index in [4.69, 9.17) is 9.47 Å². The minimum atomic E-state index is -0.787. The molecule has 2 N–H and O–H groups in total. The third-order valence-electron chi connectivity index (χ3n) is 4.17. The van der Waals surface area contributed by atoms with Crippen LogP contribution < -0.4 is 20.1 Å². The Kier molecular flexibility index (Phi) is 5.56. The summed E-state index contributed by atoms with van der Waals surface area (Å²) in [5.41, 5.74) is 1.26. The summed E-state index contributed by atoms with van der Waals surface area (Å²) in [4.78, 5) is 26.1. The Hall–Kier alpha value is -3.13. The fourth-order valence-electron chi connectivity index (χ4n) is 2.72. The van der Waals surface area contributed by atoms with Crippen molar-refractivity contribution in [2.24, 2.45) is 0 Å². The molecule has 1 aliphatic rings. The average Bonchev–Trinajstić information content (AvgIpc) is 3.10. The number of carbonyl (C=O) groups is 2. The number of ether oxygens (including phenoxy) is 2. The van der Waals surface area contributed by atoms with Crippen molar-refractivity contribution in [1.29, 1.82) is 0 Å². The topological polar surface area (TPSA) is 79.9 Å². The number of fused-ring (bicyclic) bond motifs is 1. The molecule has 0 unspecified atom stereocenters. The molecule has 0 saturated heterocycles.